The Morgan fingerprint density at radius 2 is 1.96 bits per heavy atom. The highest BCUT2D eigenvalue weighted by Gasteiger charge is 2.21. The molecule has 0 radical (unpaired) electrons. The Hall–Kier alpha value is -2.52. The van der Waals surface area contributed by atoms with E-state index in [0.717, 1.165) is 10.4 Å². The Morgan fingerprint density at radius 1 is 1.15 bits per heavy atom. The molecule has 2 heterocycles. The SMILES string of the molecule is O=C(CS(=O)(=O)Cc1nc(-c2cccs2)no1)NCCc1ccccc1. The summed E-state index contributed by atoms with van der Waals surface area (Å²) in [5.41, 5.74) is 1.07. The maximum atomic E-state index is 12.2. The third kappa shape index (κ3) is 5.24. The van der Waals surface area contributed by atoms with Crippen LogP contribution in [0.2, 0.25) is 0 Å². The van der Waals surface area contributed by atoms with Gasteiger partial charge in [-0.25, -0.2) is 8.42 Å². The van der Waals surface area contributed by atoms with E-state index < -0.39 is 27.3 Å². The van der Waals surface area contributed by atoms with Gasteiger partial charge in [-0.1, -0.05) is 41.6 Å². The Bertz CT molecular complexity index is 951. The van der Waals surface area contributed by atoms with E-state index in [0.29, 0.717) is 18.8 Å². The summed E-state index contributed by atoms with van der Waals surface area (Å²) in [6, 6.07) is 13.3. The molecular formula is C17H17N3O4S2. The summed E-state index contributed by atoms with van der Waals surface area (Å²) in [5, 5.41) is 8.24. The maximum Gasteiger partial charge on any atom is 0.242 e. The van der Waals surface area contributed by atoms with Crippen LogP contribution in [0, 0.1) is 0 Å². The monoisotopic (exact) mass is 391 g/mol. The van der Waals surface area contributed by atoms with E-state index in [9.17, 15) is 13.2 Å². The first-order chi connectivity index (χ1) is 12.5. The molecule has 0 spiro atoms. The van der Waals surface area contributed by atoms with Gasteiger partial charge in [-0.15, -0.1) is 11.3 Å². The Labute approximate surface area is 155 Å². The van der Waals surface area contributed by atoms with Crippen molar-refractivity contribution in [2.24, 2.45) is 0 Å². The van der Waals surface area contributed by atoms with E-state index in [1.54, 1.807) is 0 Å². The van der Waals surface area contributed by atoms with E-state index in [1.165, 1.54) is 11.3 Å². The number of sulfone groups is 1. The lowest BCUT2D eigenvalue weighted by Gasteiger charge is -2.05. The number of nitrogens with one attached hydrogen (secondary N) is 1. The van der Waals surface area contributed by atoms with Gasteiger partial charge >= 0.3 is 0 Å². The number of aromatic nitrogens is 2. The second kappa shape index (κ2) is 8.24. The van der Waals surface area contributed by atoms with Gasteiger partial charge in [-0.2, -0.15) is 4.98 Å². The summed E-state index contributed by atoms with van der Waals surface area (Å²) in [6.45, 7) is 0.376. The molecule has 0 atom stereocenters. The molecule has 0 bridgehead atoms. The molecule has 7 nitrogen and oxygen atoms in total. The molecule has 26 heavy (non-hydrogen) atoms. The highest BCUT2D eigenvalue weighted by Crippen LogP contribution is 2.21. The van der Waals surface area contributed by atoms with Crippen LogP contribution in [0.5, 0.6) is 0 Å². The highest BCUT2D eigenvalue weighted by molar-refractivity contribution is 7.91. The quantitative estimate of drug-likeness (QED) is 0.631. The summed E-state index contributed by atoms with van der Waals surface area (Å²) in [6.07, 6.45) is 0.639. The summed E-state index contributed by atoms with van der Waals surface area (Å²) in [5.74, 6) is -1.29. The molecule has 136 valence electrons. The Morgan fingerprint density at radius 3 is 2.69 bits per heavy atom. The number of benzene rings is 1. The van der Waals surface area contributed by atoms with E-state index in [1.807, 2.05) is 47.8 Å². The summed E-state index contributed by atoms with van der Waals surface area (Å²) < 4.78 is 29.3. The zero-order chi connectivity index (χ0) is 18.4. The lowest BCUT2D eigenvalue weighted by atomic mass is 10.1. The first kappa shape index (κ1) is 18.3. The van der Waals surface area contributed by atoms with Gasteiger partial charge in [-0.3, -0.25) is 4.79 Å². The molecule has 0 saturated heterocycles. The lowest BCUT2D eigenvalue weighted by Crippen LogP contribution is -2.32. The predicted molar refractivity (Wildman–Crippen MR) is 98.3 cm³/mol. The fourth-order valence-electron chi connectivity index (χ4n) is 2.30. The van der Waals surface area contributed by atoms with Crippen molar-refractivity contribution in [3.63, 3.8) is 0 Å². The molecule has 0 fully saturated rings. The van der Waals surface area contributed by atoms with Gasteiger partial charge in [0.15, 0.2) is 9.84 Å². The zero-order valence-corrected chi connectivity index (χ0v) is 15.4. The number of hydrogen-bond acceptors (Lipinski definition) is 7. The normalized spacial score (nSPS) is 11.4. The molecule has 0 aliphatic heterocycles. The van der Waals surface area contributed by atoms with Crippen LogP contribution in [-0.4, -0.2) is 36.8 Å². The molecule has 1 amide bonds. The molecule has 0 aliphatic rings. The van der Waals surface area contributed by atoms with Crippen LogP contribution >= 0.6 is 11.3 Å². The third-order valence-corrected chi connectivity index (χ3v) is 5.74. The van der Waals surface area contributed by atoms with Crippen LogP contribution < -0.4 is 5.32 Å². The van der Waals surface area contributed by atoms with Crippen LogP contribution in [0.1, 0.15) is 11.5 Å². The molecule has 9 heteroatoms. The van der Waals surface area contributed by atoms with Crippen molar-refractivity contribution in [1.82, 2.24) is 15.5 Å². The van der Waals surface area contributed by atoms with Gasteiger partial charge in [0.25, 0.3) is 0 Å². The largest absolute Gasteiger partial charge is 0.355 e. The third-order valence-electron chi connectivity index (χ3n) is 3.48. The van der Waals surface area contributed by atoms with E-state index in [4.69, 9.17) is 4.52 Å². The van der Waals surface area contributed by atoms with Crippen molar-refractivity contribution in [1.29, 1.82) is 0 Å². The second-order valence-electron chi connectivity index (χ2n) is 5.61. The zero-order valence-electron chi connectivity index (χ0n) is 13.8. The number of hydrogen-bond donors (Lipinski definition) is 1. The molecule has 3 rings (SSSR count). The van der Waals surface area contributed by atoms with Crippen LogP contribution in [0.3, 0.4) is 0 Å². The second-order valence-corrected chi connectivity index (χ2v) is 8.62. The molecule has 2 aromatic heterocycles. The number of thiophene rings is 1. The van der Waals surface area contributed by atoms with Crippen molar-refractivity contribution in [2.45, 2.75) is 12.2 Å². The van der Waals surface area contributed by atoms with E-state index >= 15 is 0 Å². The molecule has 0 saturated carbocycles. The van der Waals surface area contributed by atoms with Gasteiger partial charge in [0.05, 0.1) is 4.88 Å². The van der Waals surface area contributed by atoms with Crippen molar-refractivity contribution >= 4 is 27.1 Å². The van der Waals surface area contributed by atoms with Gasteiger partial charge in [0.1, 0.15) is 11.5 Å². The Balaban J connectivity index is 1.49. The van der Waals surface area contributed by atoms with Crippen molar-refractivity contribution in [3.05, 3.63) is 59.3 Å². The summed E-state index contributed by atoms with van der Waals surface area (Å²) in [4.78, 5) is 16.7. The molecule has 1 N–H and O–H groups in total. The molecule has 0 aliphatic carbocycles. The minimum atomic E-state index is -3.69. The summed E-state index contributed by atoms with van der Waals surface area (Å²) >= 11 is 1.43. The standard InChI is InChI=1S/C17H17N3O4S2/c21-15(18-9-8-13-5-2-1-3-6-13)11-26(22,23)12-16-19-17(20-24-16)14-7-4-10-25-14/h1-7,10H,8-9,11-12H2,(H,18,21). The fourth-order valence-corrected chi connectivity index (χ4v) is 4.05. The van der Waals surface area contributed by atoms with Crippen LogP contribution in [0.25, 0.3) is 10.7 Å². The van der Waals surface area contributed by atoms with Crippen molar-refractivity contribution in [2.75, 3.05) is 12.3 Å². The molecular weight excluding hydrogens is 374 g/mol. The topological polar surface area (TPSA) is 102 Å². The number of rotatable bonds is 8. The van der Waals surface area contributed by atoms with Gasteiger partial charge < -0.3 is 9.84 Å². The van der Waals surface area contributed by atoms with Crippen LogP contribution in [0.15, 0.2) is 52.4 Å². The minimum absolute atomic E-state index is 0.0227. The number of carbonyl (C=O) groups is 1. The van der Waals surface area contributed by atoms with Crippen molar-refractivity contribution in [3.8, 4) is 10.7 Å². The number of nitrogens with zero attached hydrogens (tertiary/aromatic N) is 2. The Kier molecular flexibility index (Phi) is 5.79. The van der Waals surface area contributed by atoms with Crippen LogP contribution in [-0.2, 0) is 26.8 Å². The van der Waals surface area contributed by atoms with Gasteiger partial charge in [0, 0.05) is 6.54 Å². The van der Waals surface area contributed by atoms with Gasteiger partial charge in [-0.05, 0) is 23.4 Å². The first-order valence-electron chi connectivity index (χ1n) is 7.89. The highest BCUT2D eigenvalue weighted by atomic mass is 32.2. The average molecular weight is 391 g/mol. The predicted octanol–water partition coefficient (Wildman–Crippen LogP) is 2.07. The average Bonchev–Trinajstić information content (AvgIpc) is 3.26. The number of carbonyl (C=O) groups excluding carboxylic acids is 1. The van der Waals surface area contributed by atoms with E-state index in [-0.39, 0.29) is 5.89 Å². The maximum absolute atomic E-state index is 12.2. The lowest BCUT2D eigenvalue weighted by molar-refractivity contribution is -0.118. The molecule has 0 unspecified atom stereocenters. The van der Waals surface area contributed by atoms with Crippen molar-refractivity contribution < 1.29 is 17.7 Å². The number of amides is 1. The van der Waals surface area contributed by atoms with Gasteiger partial charge in [0.2, 0.25) is 17.6 Å². The summed E-state index contributed by atoms with van der Waals surface area (Å²) in [7, 11) is -3.69. The molecule has 1 aromatic carbocycles. The first-order valence-corrected chi connectivity index (χ1v) is 10.6. The minimum Gasteiger partial charge on any atom is -0.355 e. The van der Waals surface area contributed by atoms with Crippen LogP contribution in [0.4, 0.5) is 0 Å². The van der Waals surface area contributed by atoms with E-state index in [2.05, 4.69) is 15.5 Å². The fraction of sp³-hybridized carbons (Fsp3) is 0.235. The smallest absolute Gasteiger partial charge is 0.242 e. The molecule has 3 aromatic rings.